The van der Waals surface area contributed by atoms with Crippen LogP contribution in [0, 0.1) is 0 Å². The van der Waals surface area contributed by atoms with Crippen LogP contribution in [0.5, 0.6) is 5.75 Å². The Morgan fingerprint density at radius 2 is 1.64 bits per heavy atom. The number of carbonyl (C=O) groups excluding carboxylic acids is 1. The molecule has 2 aromatic rings. The van der Waals surface area contributed by atoms with Gasteiger partial charge in [0.1, 0.15) is 5.75 Å². The lowest BCUT2D eigenvalue weighted by Crippen LogP contribution is -2.24. The second-order valence-corrected chi connectivity index (χ2v) is 6.01. The highest BCUT2D eigenvalue weighted by Gasteiger charge is 2.04. The summed E-state index contributed by atoms with van der Waals surface area (Å²) in [6, 6.07) is 14.5. The number of amides is 1. The molecule has 0 spiro atoms. The number of carboxylic acid groups (broad SMARTS) is 1. The smallest absolute Gasteiger partial charge is 0.303 e. The standard InChI is InChI=1S/C19H20ClNO4/c20-16-7-3-14(4-8-16)12-18(22)21-13-15-5-9-17(10-6-15)25-11-1-2-19(23)24/h3-10H,1-2,11-13H2,(H,21,22)(H,23,24). The molecule has 2 aromatic carbocycles. The third-order valence-electron chi connectivity index (χ3n) is 3.49. The third-order valence-corrected chi connectivity index (χ3v) is 3.75. The van der Waals surface area contributed by atoms with Gasteiger partial charge in [0.25, 0.3) is 0 Å². The van der Waals surface area contributed by atoms with Crippen molar-refractivity contribution in [2.45, 2.75) is 25.8 Å². The van der Waals surface area contributed by atoms with Gasteiger partial charge in [-0.3, -0.25) is 9.59 Å². The van der Waals surface area contributed by atoms with Crippen molar-refractivity contribution < 1.29 is 19.4 Å². The second kappa shape index (κ2) is 9.69. The molecule has 0 aliphatic carbocycles. The summed E-state index contributed by atoms with van der Waals surface area (Å²) < 4.78 is 5.46. The first-order valence-corrected chi connectivity index (χ1v) is 8.35. The van der Waals surface area contributed by atoms with Gasteiger partial charge in [0, 0.05) is 18.0 Å². The number of carboxylic acids is 1. The Bertz CT molecular complexity index is 698. The average molecular weight is 362 g/mol. The van der Waals surface area contributed by atoms with E-state index >= 15 is 0 Å². The highest BCUT2D eigenvalue weighted by Crippen LogP contribution is 2.13. The molecule has 0 aliphatic heterocycles. The summed E-state index contributed by atoms with van der Waals surface area (Å²) in [4.78, 5) is 22.4. The minimum Gasteiger partial charge on any atom is -0.494 e. The number of hydrogen-bond acceptors (Lipinski definition) is 3. The quantitative estimate of drug-likeness (QED) is 0.671. The van der Waals surface area contributed by atoms with Gasteiger partial charge in [-0.1, -0.05) is 35.9 Å². The van der Waals surface area contributed by atoms with E-state index in [1.807, 2.05) is 24.3 Å². The predicted octanol–water partition coefficient (Wildman–Crippen LogP) is 3.44. The predicted molar refractivity (Wildman–Crippen MR) is 95.8 cm³/mol. The van der Waals surface area contributed by atoms with E-state index in [-0.39, 0.29) is 12.3 Å². The second-order valence-electron chi connectivity index (χ2n) is 5.57. The minimum absolute atomic E-state index is 0.0590. The van der Waals surface area contributed by atoms with Crippen molar-refractivity contribution in [1.29, 1.82) is 0 Å². The van der Waals surface area contributed by atoms with E-state index in [1.54, 1.807) is 24.3 Å². The number of ether oxygens (including phenoxy) is 1. The lowest BCUT2D eigenvalue weighted by molar-refractivity contribution is -0.137. The summed E-state index contributed by atoms with van der Waals surface area (Å²) in [5.74, 6) is -0.203. The van der Waals surface area contributed by atoms with Crippen molar-refractivity contribution >= 4 is 23.5 Å². The molecule has 0 unspecified atom stereocenters. The number of benzene rings is 2. The van der Waals surface area contributed by atoms with Crippen LogP contribution in [-0.4, -0.2) is 23.6 Å². The number of nitrogens with one attached hydrogen (secondary N) is 1. The molecule has 0 saturated carbocycles. The maximum Gasteiger partial charge on any atom is 0.303 e. The summed E-state index contributed by atoms with van der Waals surface area (Å²) in [5.41, 5.74) is 1.87. The molecule has 2 N–H and O–H groups in total. The zero-order valence-corrected chi connectivity index (χ0v) is 14.5. The van der Waals surface area contributed by atoms with Gasteiger partial charge >= 0.3 is 5.97 Å². The van der Waals surface area contributed by atoms with Crippen LogP contribution in [0.25, 0.3) is 0 Å². The fourth-order valence-electron chi connectivity index (χ4n) is 2.17. The SMILES string of the molecule is O=C(O)CCCOc1ccc(CNC(=O)Cc2ccc(Cl)cc2)cc1. The van der Waals surface area contributed by atoms with E-state index in [2.05, 4.69) is 5.32 Å². The Labute approximate surface area is 151 Å². The van der Waals surface area contributed by atoms with Crippen molar-refractivity contribution in [3.05, 3.63) is 64.7 Å². The van der Waals surface area contributed by atoms with Gasteiger partial charge in [0.2, 0.25) is 5.91 Å². The van der Waals surface area contributed by atoms with Crippen LogP contribution in [0.2, 0.25) is 5.02 Å². The molecule has 0 bridgehead atoms. The molecular formula is C19H20ClNO4. The molecule has 0 atom stereocenters. The number of halogens is 1. The van der Waals surface area contributed by atoms with Gasteiger partial charge in [0.05, 0.1) is 13.0 Å². The van der Waals surface area contributed by atoms with Crippen molar-refractivity contribution in [1.82, 2.24) is 5.32 Å². The van der Waals surface area contributed by atoms with E-state index in [1.165, 1.54) is 0 Å². The summed E-state index contributed by atoms with van der Waals surface area (Å²) in [7, 11) is 0. The summed E-state index contributed by atoms with van der Waals surface area (Å²) in [6.07, 6.45) is 0.873. The largest absolute Gasteiger partial charge is 0.494 e. The van der Waals surface area contributed by atoms with Crippen molar-refractivity contribution in [3.63, 3.8) is 0 Å². The zero-order valence-electron chi connectivity index (χ0n) is 13.7. The van der Waals surface area contributed by atoms with Crippen LogP contribution < -0.4 is 10.1 Å². The van der Waals surface area contributed by atoms with Crippen LogP contribution >= 0.6 is 11.6 Å². The summed E-state index contributed by atoms with van der Waals surface area (Å²) in [5, 5.41) is 12.1. The first kappa shape index (κ1) is 18.8. The lowest BCUT2D eigenvalue weighted by Gasteiger charge is -2.08. The summed E-state index contributed by atoms with van der Waals surface area (Å²) >= 11 is 5.82. The van der Waals surface area contributed by atoms with E-state index in [0.717, 1.165) is 11.1 Å². The Kier molecular flexibility index (Phi) is 7.29. The van der Waals surface area contributed by atoms with Gasteiger partial charge in [-0.05, 0) is 41.8 Å². The van der Waals surface area contributed by atoms with Crippen LogP contribution in [-0.2, 0) is 22.6 Å². The number of aliphatic carboxylic acids is 1. The Balaban J connectivity index is 1.72. The van der Waals surface area contributed by atoms with Gasteiger partial charge in [0.15, 0.2) is 0 Å². The van der Waals surface area contributed by atoms with E-state index in [4.69, 9.17) is 21.4 Å². The molecule has 6 heteroatoms. The van der Waals surface area contributed by atoms with E-state index < -0.39 is 5.97 Å². The van der Waals surface area contributed by atoms with Crippen molar-refractivity contribution in [3.8, 4) is 5.75 Å². The molecule has 25 heavy (non-hydrogen) atoms. The van der Waals surface area contributed by atoms with Crippen LogP contribution in [0.3, 0.4) is 0 Å². The Morgan fingerprint density at radius 1 is 1.00 bits per heavy atom. The van der Waals surface area contributed by atoms with E-state index in [9.17, 15) is 9.59 Å². The van der Waals surface area contributed by atoms with E-state index in [0.29, 0.717) is 36.8 Å². The molecule has 0 heterocycles. The fourth-order valence-corrected chi connectivity index (χ4v) is 2.29. The Hall–Kier alpha value is -2.53. The molecule has 2 rings (SSSR count). The highest BCUT2D eigenvalue weighted by molar-refractivity contribution is 6.30. The molecule has 132 valence electrons. The maximum atomic E-state index is 12.0. The number of rotatable bonds is 9. The van der Waals surface area contributed by atoms with Crippen molar-refractivity contribution in [2.75, 3.05) is 6.61 Å². The molecule has 0 saturated heterocycles. The van der Waals surface area contributed by atoms with Gasteiger partial charge in [-0.25, -0.2) is 0 Å². The monoisotopic (exact) mass is 361 g/mol. The first-order valence-electron chi connectivity index (χ1n) is 7.97. The molecular weight excluding hydrogens is 342 g/mol. The molecule has 0 radical (unpaired) electrons. The maximum absolute atomic E-state index is 12.0. The number of hydrogen-bond donors (Lipinski definition) is 2. The third kappa shape index (κ3) is 7.27. The van der Waals surface area contributed by atoms with Gasteiger partial charge in [-0.2, -0.15) is 0 Å². The lowest BCUT2D eigenvalue weighted by atomic mass is 10.1. The topological polar surface area (TPSA) is 75.6 Å². The van der Waals surface area contributed by atoms with Gasteiger partial charge < -0.3 is 15.2 Å². The molecule has 5 nitrogen and oxygen atoms in total. The average Bonchev–Trinajstić information content (AvgIpc) is 2.60. The minimum atomic E-state index is -0.826. The molecule has 1 amide bonds. The summed E-state index contributed by atoms with van der Waals surface area (Å²) in [6.45, 7) is 0.801. The van der Waals surface area contributed by atoms with Crippen LogP contribution in [0.15, 0.2) is 48.5 Å². The molecule has 0 aliphatic rings. The zero-order chi connectivity index (χ0) is 18.1. The molecule has 0 fully saturated rings. The highest BCUT2D eigenvalue weighted by atomic mass is 35.5. The van der Waals surface area contributed by atoms with Crippen LogP contribution in [0.4, 0.5) is 0 Å². The Morgan fingerprint density at radius 3 is 2.28 bits per heavy atom. The fraction of sp³-hybridized carbons (Fsp3) is 0.263. The number of carbonyl (C=O) groups is 2. The van der Waals surface area contributed by atoms with Gasteiger partial charge in [-0.15, -0.1) is 0 Å². The first-order chi connectivity index (χ1) is 12.0. The molecule has 0 aromatic heterocycles. The van der Waals surface area contributed by atoms with Crippen LogP contribution in [0.1, 0.15) is 24.0 Å². The normalized spacial score (nSPS) is 10.3. The van der Waals surface area contributed by atoms with Crippen molar-refractivity contribution in [2.24, 2.45) is 0 Å².